The Morgan fingerprint density at radius 1 is 0.974 bits per heavy atom. The number of fused-ring (bicyclic) bond motifs is 2. The van der Waals surface area contributed by atoms with E-state index in [1.807, 2.05) is 36.4 Å². The molecule has 38 heavy (non-hydrogen) atoms. The third-order valence-electron chi connectivity index (χ3n) is 8.09. The van der Waals surface area contributed by atoms with Crippen LogP contribution in [0, 0.1) is 11.8 Å². The van der Waals surface area contributed by atoms with Crippen LogP contribution in [-0.4, -0.2) is 31.1 Å². The molecule has 0 bridgehead atoms. The van der Waals surface area contributed by atoms with Gasteiger partial charge < -0.3 is 5.32 Å². The van der Waals surface area contributed by atoms with Gasteiger partial charge >= 0.3 is 0 Å². The third kappa shape index (κ3) is 6.00. The van der Waals surface area contributed by atoms with E-state index in [1.54, 1.807) is 18.3 Å². The number of carbonyl (C=O) groups is 2. The summed E-state index contributed by atoms with van der Waals surface area (Å²) in [5.74, 6) is 0.681. The zero-order valence-electron chi connectivity index (χ0n) is 21.4. The molecular weight excluding hydrogens is 514 g/mol. The second kappa shape index (κ2) is 12.0. The van der Waals surface area contributed by atoms with Gasteiger partial charge in [0.05, 0.1) is 5.69 Å². The number of carbonyl (C=O) groups excluding carboxylic acids is 2. The quantitative estimate of drug-likeness (QED) is 0.293. The lowest BCUT2D eigenvalue weighted by molar-refractivity contribution is -0.124. The number of rotatable bonds is 7. The van der Waals surface area contributed by atoms with Crippen LogP contribution >= 0.6 is 23.2 Å². The Labute approximate surface area is 235 Å². The van der Waals surface area contributed by atoms with Gasteiger partial charge in [0.15, 0.2) is 0 Å². The molecule has 1 fully saturated rings. The molecule has 1 aromatic heterocycles. The van der Waals surface area contributed by atoms with Gasteiger partial charge in [-0.05, 0) is 91.8 Å². The number of nitrogens with one attached hydrogen (secondary N) is 1. The van der Waals surface area contributed by atoms with Crippen molar-refractivity contribution in [3.8, 4) is 0 Å². The van der Waals surface area contributed by atoms with Gasteiger partial charge in [0.1, 0.15) is 13.6 Å². The van der Waals surface area contributed by atoms with Crippen molar-refractivity contribution in [2.75, 3.05) is 6.54 Å². The maximum atomic E-state index is 13.0. The molecule has 0 saturated heterocycles. The number of halogens is 2. The molecular formula is C31H31BCl2N2O2. The molecule has 2 aliphatic rings. The molecule has 2 radical (unpaired) electrons. The molecule has 2 aliphatic carbocycles. The average molecular weight is 545 g/mol. The Bertz CT molecular complexity index is 1320. The molecule has 0 aliphatic heterocycles. The van der Waals surface area contributed by atoms with E-state index in [9.17, 15) is 9.59 Å². The van der Waals surface area contributed by atoms with Gasteiger partial charge in [-0.1, -0.05) is 52.9 Å². The summed E-state index contributed by atoms with van der Waals surface area (Å²) in [7, 11) is 6.09. The number of nitrogens with zero attached hydrogens (tertiary/aromatic N) is 1. The van der Waals surface area contributed by atoms with Gasteiger partial charge in [0.2, 0.25) is 0 Å². The lowest BCUT2D eigenvalue weighted by Crippen LogP contribution is -2.28. The Hall–Kier alpha value is -2.63. The topological polar surface area (TPSA) is 59.1 Å². The van der Waals surface area contributed by atoms with Crippen molar-refractivity contribution in [1.29, 1.82) is 0 Å². The fourth-order valence-electron chi connectivity index (χ4n) is 6.21. The van der Waals surface area contributed by atoms with Gasteiger partial charge in [-0.15, -0.1) is 0 Å². The number of aromatic nitrogens is 1. The Kier molecular flexibility index (Phi) is 8.55. The summed E-state index contributed by atoms with van der Waals surface area (Å²) < 4.78 is 0. The van der Waals surface area contributed by atoms with E-state index in [0.29, 0.717) is 52.2 Å². The van der Waals surface area contributed by atoms with Gasteiger partial charge in [-0.2, -0.15) is 0 Å². The first-order valence-corrected chi connectivity index (χ1v) is 14.2. The summed E-state index contributed by atoms with van der Waals surface area (Å²) >= 11 is 13.2. The summed E-state index contributed by atoms with van der Waals surface area (Å²) in [6.45, 7) is 0.500. The summed E-state index contributed by atoms with van der Waals surface area (Å²) in [5.41, 5.74) is 5.86. The highest BCUT2D eigenvalue weighted by atomic mass is 35.5. The normalized spacial score (nSPS) is 20.6. The molecule has 5 rings (SSSR count). The van der Waals surface area contributed by atoms with Crippen molar-refractivity contribution < 1.29 is 9.59 Å². The largest absolute Gasteiger partial charge is 0.352 e. The smallest absolute Gasteiger partial charge is 0.251 e. The standard InChI is InChI=1S/C31H31BCl2N2O2/c32-24-15-23-13-12-22-16-25(33)17-26(34)28(22)29(30(23)36-18-24)20-10-8-19(9-11-20)27(37)7-4-14-35-31(38)21-5-2-1-3-6-21/h1-3,5-6,15-20,29H,4,7-14H2,(H,35,38). The number of ketones is 1. The number of benzene rings is 2. The molecule has 1 amide bonds. The first kappa shape index (κ1) is 27.0. The highest BCUT2D eigenvalue weighted by molar-refractivity contribution is 6.35. The van der Waals surface area contributed by atoms with Crippen LogP contribution < -0.4 is 10.8 Å². The number of amides is 1. The number of aryl methyl sites for hydroxylation is 2. The van der Waals surface area contributed by atoms with E-state index in [1.165, 1.54) is 11.1 Å². The minimum atomic E-state index is -0.0992. The molecule has 1 saturated carbocycles. The monoisotopic (exact) mass is 544 g/mol. The third-order valence-corrected chi connectivity index (χ3v) is 8.62. The SMILES string of the molecule is [B]c1cnc2c(c1)CCc1cc(Cl)cc(Cl)c1C2C1CCC(C(=O)CCCNC(=O)c2ccccc2)CC1. The van der Waals surface area contributed by atoms with Crippen LogP contribution in [0.3, 0.4) is 0 Å². The van der Waals surface area contributed by atoms with Crippen LogP contribution in [0.4, 0.5) is 0 Å². The predicted molar refractivity (Wildman–Crippen MR) is 154 cm³/mol. The second-order valence-electron chi connectivity index (χ2n) is 10.6. The molecule has 0 spiro atoms. The predicted octanol–water partition coefficient (Wildman–Crippen LogP) is 6.00. The zero-order valence-corrected chi connectivity index (χ0v) is 22.9. The van der Waals surface area contributed by atoms with E-state index in [0.717, 1.165) is 49.8 Å². The number of hydrogen-bond donors (Lipinski definition) is 1. The van der Waals surface area contributed by atoms with Gasteiger partial charge in [0, 0.05) is 46.6 Å². The van der Waals surface area contributed by atoms with Gasteiger partial charge in [-0.25, -0.2) is 0 Å². The number of hydrogen-bond acceptors (Lipinski definition) is 3. The van der Waals surface area contributed by atoms with Crippen molar-refractivity contribution >= 4 is 48.2 Å². The summed E-state index contributed by atoms with van der Waals surface area (Å²) in [6.07, 6.45) is 8.19. The summed E-state index contributed by atoms with van der Waals surface area (Å²) in [6, 6.07) is 15.1. The van der Waals surface area contributed by atoms with E-state index in [2.05, 4.69) is 5.32 Å². The zero-order chi connectivity index (χ0) is 26.6. The van der Waals surface area contributed by atoms with Crippen LogP contribution in [0.15, 0.2) is 54.7 Å². The molecule has 1 N–H and O–H groups in total. The number of Topliss-reactive ketones (excluding diaryl/α,β-unsaturated/α-hetero) is 1. The molecule has 194 valence electrons. The minimum absolute atomic E-state index is 0.0668. The molecule has 1 heterocycles. The van der Waals surface area contributed by atoms with E-state index in [-0.39, 0.29) is 17.7 Å². The Morgan fingerprint density at radius 3 is 2.47 bits per heavy atom. The van der Waals surface area contributed by atoms with E-state index in [4.69, 9.17) is 36.0 Å². The van der Waals surface area contributed by atoms with Crippen molar-refractivity contribution in [3.05, 3.63) is 92.7 Å². The van der Waals surface area contributed by atoms with Crippen molar-refractivity contribution in [2.45, 2.75) is 57.3 Å². The molecule has 4 nitrogen and oxygen atoms in total. The van der Waals surface area contributed by atoms with Crippen molar-refractivity contribution in [2.24, 2.45) is 11.8 Å². The fourth-order valence-corrected chi connectivity index (χ4v) is 6.87. The van der Waals surface area contributed by atoms with Crippen LogP contribution in [0.5, 0.6) is 0 Å². The number of pyridine rings is 1. The first-order valence-electron chi connectivity index (χ1n) is 13.5. The Morgan fingerprint density at radius 2 is 1.71 bits per heavy atom. The van der Waals surface area contributed by atoms with Crippen LogP contribution in [0.2, 0.25) is 10.0 Å². The van der Waals surface area contributed by atoms with Gasteiger partial charge in [0.25, 0.3) is 5.91 Å². The second-order valence-corrected chi connectivity index (χ2v) is 11.4. The molecule has 2 aromatic carbocycles. The van der Waals surface area contributed by atoms with Crippen LogP contribution in [-0.2, 0) is 17.6 Å². The van der Waals surface area contributed by atoms with E-state index >= 15 is 0 Å². The minimum Gasteiger partial charge on any atom is -0.352 e. The molecule has 1 atom stereocenters. The maximum absolute atomic E-state index is 13.0. The van der Waals surface area contributed by atoms with Crippen LogP contribution in [0.25, 0.3) is 0 Å². The molecule has 1 unspecified atom stereocenters. The van der Waals surface area contributed by atoms with Gasteiger partial charge in [-0.3, -0.25) is 14.6 Å². The maximum Gasteiger partial charge on any atom is 0.251 e. The first-order chi connectivity index (χ1) is 18.4. The summed E-state index contributed by atoms with van der Waals surface area (Å²) in [4.78, 5) is 30.0. The highest BCUT2D eigenvalue weighted by Gasteiger charge is 2.37. The van der Waals surface area contributed by atoms with Crippen molar-refractivity contribution in [3.63, 3.8) is 0 Å². The van der Waals surface area contributed by atoms with Crippen LogP contribution in [0.1, 0.15) is 77.2 Å². The summed E-state index contributed by atoms with van der Waals surface area (Å²) in [5, 5.41) is 4.26. The fraction of sp³-hybridized carbons (Fsp3) is 0.387. The molecule has 7 heteroatoms. The van der Waals surface area contributed by atoms with Crippen molar-refractivity contribution in [1.82, 2.24) is 10.3 Å². The average Bonchev–Trinajstić information content (AvgIpc) is 3.08. The lowest BCUT2D eigenvalue weighted by atomic mass is 9.70. The Balaban J connectivity index is 1.22. The highest BCUT2D eigenvalue weighted by Crippen LogP contribution is 2.47. The molecule has 3 aromatic rings. The lowest BCUT2D eigenvalue weighted by Gasteiger charge is -2.35. The van der Waals surface area contributed by atoms with E-state index < -0.39 is 0 Å².